The molecule has 0 radical (unpaired) electrons. The quantitative estimate of drug-likeness (QED) is 0.841. The Morgan fingerprint density at radius 1 is 1.43 bits per heavy atom. The van der Waals surface area contributed by atoms with Gasteiger partial charge in [-0.15, -0.1) is 0 Å². The van der Waals surface area contributed by atoms with Gasteiger partial charge in [0.1, 0.15) is 5.75 Å². The Morgan fingerprint density at radius 3 is 2.86 bits per heavy atom. The first-order chi connectivity index (χ1) is 10.0. The monoisotopic (exact) mass is 288 g/mol. The van der Waals surface area contributed by atoms with Crippen LogP contribution in [-0.2, 0) is 13.0 Å². The third-order valence-electron chi connectivity index (χ3n) is 3.04. The Bertz CT molecular complexity index is 722. The molecule has 0 aliphatic heterocycles. The van der Waals surface area contributed by atoms with E-state index in [9.17, 15) is 14.7 Å². The Hall–Kier alpha value is -2.63. The Balaban J connectivity index is 2.20. The molecule has 0 saturated heterocycles. The number of Topliss-reactive ketones (excluding diaryl/α,β-unsaturated/α-hetero) is 1. The highest BCUT2D eigenvalue weighted by Crippen LogP contribution is 2.13. The summed E-state index contributed by atoms with van der Waals surface area (Å²) in [7, 11) is 1.60. The summed E-state index contributed by atoms with van der Waals surface area (Å²) >= 11 is 0. The largest absolute Gasteiger partial charge is 0.503 e. The number of aromatic nitrogens is 2. The van der Waals surface area contributed by atoms with Crippen LogP contribution in [0.1, 0.15) is 23.0 Å². The molecule has 0 fully saturated rings. The normalized spacial score (nSPS) is 10.4. The number of nitrogens with zero attached hydrogens (tertiary/aromatic N) is 2. The van der Waals surface area contributed by atoms with Crippen LogP contribution in [0.25, 0.3) is 0 Å². The van der Waals surface area contributed by atoms with E-state index in [0.29, 0.717) is 13.0 Å². The van der Waals surface area contributed by atoms with Crippen molar-refractivity contribution in [1.82, 2.24) is 9.78 Å². The lowest BCUT2D eigenvalue weighted by molar-refractivity contribution is 0.100. The van der Waals surface area contributed by atoms with Gasteiger partial charge in [0.05, 0.1) is 13.3 Å². The smallest absolute Gasteiger partial charge is 0.252 e. The molecule has 0 aliphatic rings. The standard InChI is InChI=1S/C15H16N2O4/c1-10(18)14-15(20)13(19)9-17(16-14)7-6-11-4-3-5-12(8-11)21-2/h3-5,8-9,19H,6-7H2,1-2H3. The molecular formula is C15H16N2O4. The maximum atomic E-state index is 11.6. The number of aryl methyl sites for hydroxylation is 2. The first-order valence-electron chi connectivity index (χ1n) is 6.46. The lowest BCUT2D eigenvalue weighted by Crippen LogP contribution is -2.21. The van der Waals surface area contributed by atoms with Gasteiger partial charge in [0, 0.05) is 13.5 Å². The topological polar surface area (TPSA) is 81.4 Å². The summed E-state index contributed by atoms with van der Waals surface area (Å²) in [5, 5.41) is 13.5. The fraction of sp³-hybridized carbons (Fsp3) is 0.267. The van der Waals surface area contributed by atoms with Gasteiger partial charge in [-0.2, -0.15) is 5.10 Å². The zero-order valence-electron chi connectivity index (χ0n) is 11.9. The van der Waals surface area contributed by atoms with Gasteiger partial charge in [-0.25, -0.2) is 0 Å². The number of carbonyl (C=O) groups excluding carboxylic acids is 1. The van der Waals surface area contributed by atoms with E-state index in [0.717, 1.165) is 11.3 Å². The summed E-state index contributed by atoms with van der Waals surface area (Å²) in [5.74, 6) is -0.181. The lowest BCUT2D eigenvalue weighted by atomic mass is 10.1. The minimum absolute atomic E-state index is 0.249. The van der Waals surface area contributed by atoms with Gasteiger partial charge in [0.25, 0.3) is 5.43 Å². The van der Waals surface area contributed by atoms with Crippen LogP contribution in [0.5, 0.6) is 11.5 Å². The van der Waals surface area contributed by atoms with Gasteiger partial charge in [0.2, 0.25) is 0 Å². The molecule has 0 amide bonds. The molecule has 2 rings (SSSR count). The van der Waals surface area contributed by atoms with Crippen molar-refractivity contribution in [3.8, 4) is 11.5 Å². The second-order valence-electron chi connectivity index (χ2n) is 4.61. The van der Waals surface area contributed by atoms with Crippen molar-refractivity contribution in [1.29, 1.82) is 0 Å². The van der Waals surface area contributed by atoms with Crippen LogP contribution in [0.15, 0.2) is 35.3 Å². The van der Waals surface area contributed by atoms with Crippen LogP contribution in [0.2, 0.25) is 0 Å². The van der Waals surface area contributed by atoms with Crippen LogP contribution >= 0.6 is 0 Å². The van der Waals surface area contributed by atoms with E-state index in [2.05, 4.69) is 5.10 Å². The highest BCUT2D eigenvalue weighted by molar-refractivity contribution is 5.92. The maximum Gasteiger partial charge on any atom is 0.252 e. The second-order valence-corrected chi connectivity index (χ2v) is 4.61. The molecule has 1 aromatic heterocycles. The molecule has 6 nitrogen and oxygen atoms in total. The highest BCUT2D eigenvalue weighted by atomic mass is 16.5. The Labute approximate surface area is 121 Å². The number of methoxy groups -OCH3 is 1. The van der Waals surface area contributed by atoms with Crippen LogP contribution in [0, 0.1) is 0 Å². The summed E-state index contributed by atoms with van der Waals surface area (Å²) in [6, 6.07) is 7.57. The van der Waals surface area contributed by atoms with Crippen LogP contribution in [0.3, 0.4) is 0 Å². The number of rotatable bonds is 5. The van der Waals surface area contributed by atoms with E-state index < -0.39 is 17.0 Å². The minimum atomic E-state index is -0.736. The predicted octanol–water partition coefficient (Wildman–Crippen LogP) is 1.40. The molecule has 0 spiro atoms. The van der Waals surface area contributed by atoms with Crippen LogP contribution in [0.4, 0.5) is 0 Å². The van der Waals surface area contributed by atoms with Crippen molar-refractivity contribution in [3.63, 3.8) is 0 Å². The fourth-order valence-electron chi connectivity index (χ4n) is 1.94. The summed E-state index contributed by atoms with van der Waals surface area (Å²) in [6.45, 7) is 1.68. The third kappa shape index (κ3) is 3.47. The number of hydrogen-bond acceptors (Lipinski definition) is 5. The lowest BCUT2D eigenvalue weighted by Gasteiger charge is -2.08. The van der Waals surface area contributed by atoms with Crippen molar-refractivity contribution in [2.45, 2.75) is 19.9 Å². The Morgan fingerprint density at radius 2 is 2.19 bits per heavy atom. The van der Waals surface area contributed by atoms with Crippen LogP contribution < -0.4 is 10.2 Å². The third-order valence-corrected chi connectivity index (χ3v) is 3.04. The molecule has 21 heavy (non-hydrogen) atoms. The van der Waals surface area contributed by atoms with Gasteiger partial charge in [-0.3, -0.25) is 14.3 Å². The molecule has 1 N–H and O–H groups in total. The maximum absolute atomic E-state index is 11.6. The van der Waals surface area contributed by atoms with Gasteiger partial charge >= 0.3 is 0 Å². The first-order valence-corrected chi connectivity index (χ1v) is 6.46. The number of carbonyl (C=O) groups is 1. The van der Waals surface area contributed by atoms with Crippen LogP contribution in [-0.4, -0.2) is 27.8 Å². The van der Waals surface area contributed by atoms with E-state index in [4.69, 9.17) is 4.74 Å². The van der Waals surface area contributed by atoms with Crippen molar-refractivity contribution in [2.75, 3.05) is 7.11 Å². The zero-order chi connectivity index (χ0) is 15.4. The van der Waals surface area contributed by atoms with Crippen molar-refractivity contribution in [3.05, 3.63) is 51.9 Å². The SMILES string of the molecule is COc1cccc(CCn2cc(O)c(=O)c(C(C)=O)n2)c1. The molecule has 6 heteroatoms. The highest BCUT2D eigenvalue weighted by Gasteiger charge is 2.12. The average molecular weight is 288 g/mol. The van der Waals surface area contributed by atoms with Crippen molar-refractivity contribution in [2.24, 2.45) is 0 Å². The van der Waals surface area contributed by atoms with Gasteiger partial charge < -0.3 is 9.84 Å². The van der Waals surface area contributed by atoms with Crippen molar-refractivity contribution >= 4 is 5.78 Å². The average Bonchev–Trinajstić information content (AvgIpc) is 2.48. The van der Waals surface area contributed by atoms with E-state index >= 15 is 0 Å². The predicted molar refractivity (Wildman–Crippen MR) is 76.9 cm³/mol. The van der Waals surface area contributed by atoms with Gasteiger partial charge in [0.15, 0.2) is 17.2 Å². The van der Waals surface area contributed by atoms with E-state index in [1.54, 1.807) is 7.11 Å². The van der Waals surface area contributed by atoms with Gasteiger partial charge in [-0.05, 0) is 24.1 Å². The Kier molecular flexibility index (Phi) is 4.37. The fourth-order valence-corrected chi connectivity index (χ4v) is 1.94. The van der Waals surface area contributed by atoms with Gasteiger partial charge in [-0.1, -0.05) is 12.1 Å². The number of ketones is 1. The molecule has 1 heterocycles. The molecular weight excluding hydrogens is 272 g/mol. The summed E-state index contributed by atoms with van der Waals surface area (Å²) in [4.78, 5) is 22.9. The van der Waals surface area contributed by atoms with E-state index in [-0.39, 0.29) is 5.69 Å². The molecule has 1 aromatic carbocycles. The van der Waals surface area contributed by atoms with Crippen molar-refractivity contribution < 1.29 is 14.6 Å². The van der Waals surface area contributed by atoms with E-state index in [1.165, 1.54) is 17.8 Å². The molecule has 110 valence electrons. The summed E-state index contributed by atoms with van der Waals surface area (Å²) < 4.78 is 6.54. The number of hydrogen-bond donors (Lipinski definition) is 1. The summed E-state index contributed by atoms with van der Waals surface area (Å²) in [6.07, 6.45) is 1.86. The molecule has 0 aliphatic carbocycles. The molecule has 2 aromatic rings. The van der Waals surface area contributed by atoms with E-state index in [1.807, 2.05) is 24.3 Å². The second kappa shape index (κ2) is 6.21. The number of ether oxygens (including phenoxy) is 1. The zero-order valence-corrected chi connectivity index (χ0v) is 11.9. The molecule has 0 atom stereocenters. The number of aromatic hydroxyl groups is 1. The minimum Gasteiger partial charge on any atom is -0.503 e. The summed E-state index contributed by atoms with van der Waals surface area (Å²) in [5.41, 5.74) is 0.0412. The molecule has 0 unspecified atom stereocenters. The number of benzene rings is 1. The molecule has 0 bridgehead atoms. The first kappa shape index (κ1) is 14.8. The molecule has 0 saturated carbocycles.